The number of pyridine rings is 2. The normalized spacial score (nSPS) is 19.1. The van der Waals surface area contributed by atoms with Crippen molar-refractivity contribution in [2.24, 2.45) is 0 Å². The maximum atomic E-state index is 13.3. The number of ether oxygens (including phenoxy) is 1. The number of hydrogen-bond acceptors (Lipinski definition) is 6. The van der Waals surface area contributed by atoms with Crippen LogP contribution in [-0.2, 0) is 0 Å². The van der Waals surface area contributed by atoms with Crippen molar-refractivity contribution in [3.05, 3.63) is 65.8 Å². The zero-order chi connectivity index (χ0) is 23.8. The van der Waals surface area contributed by atoms with E-state index in [1.165, 1.54) is 12.3 Å². The summed E-state index contributed by atoms with van der Waals surface area (Å²) in [7, 11) is 0. The van der Waals surface area contributed by atoms with Crippen LogP contribution in [0, 0.1) is 24.1 Å². The van der Waals surface area contributed by atoms with E-state index >= 15 is 0 Å². The molecule has 0 amide bonds. The third-order valence-corrected chi connectivity index (χ3v) is 6.54. The number of nitrogens with zero attached hydrogens (tertiary/aromatic N) is 6. The third kappa shape index (κ3) is 4.01. The monoisotopic (exact) mass is 460 g/mol. The molecule has 0 aliphatic heterocycles. The average molecular weight is 461 g/mol. The van der Waals surface area contributed by atoms with Gasteiger partial charge in [-0.3, -0.25) is 9.67 Å². The van der Waals surface area contributed by atoms with Crippen molar-refractivity contribution in [2.45, 2.75) is 57.8 Å². The lowest BCUT2D eigenvalue weighted by Gasteiger charge is -2.26. The molecule has 0 saturated heterocycles. The Morgan fingerprint density at radius 3 is 2.68 bits per heavy atom. The van der Waals surface area contributed by atoms with Gasteiger partial charge in [0.25, 0.3) is 0 Å². The van der Waals surface area contributed by atoms with Gasteiger partial charge < -0.3 is 9.84 Å². The van der Waals surface area contributed by atoms with Gasteiger partial charge in [-0.15, -0.1) is 0 Å². The van der Waals surface area contributed by atoms with Gasteiger partial charge in [-0.05, 0) is 57.7 Å². The molecular weight excluding hydrogens is 435 g/mol. The van der Waals surface area contributed by atoms with Crippen LogP contribution < -0.4 is 4.74 Å². The Morgan fingerprint density at radius 1 is 1.18 bits per heavy atom. The van der Waals surface area contributed by atoms with E-state index in [4.69, 9.17) is 4.74 Å². The number of fused-ring (bicyclic) bond motifs is 1. The fraction of sp³-hybridized carbons (Fsp3) is 0.360. The molecule has 9 heteroatoms. The Morgan fingerprint density at radius 2 is 1.97 bits per heavy atom. The first-order valence-corrected chi connectivity index (χ1v) is 11.4. The largest absolute Gasteiger partial charge is 0.482 e. The Labute approximate surface area is 196 Å². The molecule has 1 atom stereocenters. The van der Waals surface area contributed by atoms with E-state index < -0.39 is 11.9 Å². The Balaban J connectivity index is 1.53. The fourth-order valence-electron chi connectivity index (χ4n) is 4.66. The number of aliphatic hydroxyl groups excluding tert-OH is 1. The number of rotatable bonds is 5. The van der Waals surface area contributed by atoms with Crippen LogP contribution in [0.4, 0.5) is 4.39 Å². The quantitative estimate of drug-likeness (QED) is 0.470. The molecule has 0 radical (unpaired) electrons. The molecule has 1 N–H and O–H groups in total. The summed E-state index contributed by atoms with van der Waals surface area (Å²) in [6.07, 6.45) is 9.02. The van der Waals surface area contributed by atoms with Crippen molar-refractivity contribution < 1.29 is 14.2 Å². The van der Waals surface area contributed by atoms with E-state index in [1.807, 2.05) is 37.0 Å². The van der Waals surface area contributed by atoms with Gasteiger partial charge in [0, 0.05) is 23.0 Å². The van der Waals surface area contributed by atoms with Crippen molar-refractivity contribution in [1.82, 2.24) is 24.4 Å². The van der Waals surface area contributed by atoms with Crippen LogP contribution in [0.1, 0.15) is 61.7 Å². The van der Waals surface area contributed by atoms with Gasteiger partial charge in [0.1, 0.15) is 34.8 Å². The van der Waals surface area contributed by atoms with Crippen LogP contribution in [0.25, 0.3) is 16.6 Å². The lowest BCUT2D eigenvalue weighted by Crippen LogP contribution is -2.22. The SMILES string of the molecule is Cc1c(-c2cc(O[C@H](C)c3ccc(F)cn3)c3c(C#N)cnn3c2)cnn1C1CCC(O)CC1. The molecule has 1 aliphatic rings. The smallest absolute Gasteiger partial charge is 0.148 e. The first-order chi connectivity index (χ1) is 16.4. The molecular formula is C25H25FN6O2. The number of hydrogen-bond donors (Lipinski definition) is 1. The van der Waals surface area contributed by atoms with Crippen LogP contribution in [0.15, 0.2) is 43.0 Å². The Kier molecular flexibility index (Phi) is 5.75. The van der Waals surface area contributed by atoms with Gasteiger partial charge in [-0.1, -0.05) is 0 Å². The van der Waals surface area contributed by atoms with E-state index in [0.717, 1.165) is 48.7 Å². The van der Waals surface area contributed by atoms with Crippen molar-refractivity contribution >= 4 is 5.52 Å². The zero-order valence-electron chi connectivity index (χ0n) is 19.0. The molecule has 4 aromatic heterocycles. The minimum Gasteiger partial charge on any atom is -0.482 e. The molecule has 0 spiro atoms. The maximum Gasteiger partial charge on any atom is 0.148 e. The van der Waals surface area contributed by atoms with E-state index in [2.05, 4.69) is 21.3 Å². The molecule has 174 valence electrons. The summed E-state index contributed by atoms with van der Waals surface area (Å²) in [6.45, 7) is 3.86. The zero-order valence-corrected chi connectivity index (χ0v) is 19.0. The molecule has 0 aromatic carbocycles. The topological polar surface area (TPSA) is 101 Å². The predicted octanol–water partition coefficient (Wildman–Crippen LogP) is 4.53. The van der Waals surface area contributed by atoms with Gasteiger partial charge in [0.15, 0.2) is 0 Å². The summed E-state index contributed by atoms with van der Waals surface area (Å²) in [5.74, 6) is 0.0703. The standard InChI is InChI=1S/C25H25FN6O2/c1-15-22(13-30-32(15)20-4-6-21(33)7-5-20)17-9-24(25-18(10-27)11-29-31(25)14-17)34-16(2)23-8-3-19(26)12-28-23/h3,8-9,11-14,16,20-21,33H,4-7H2,1-2H3/t16-,20?,21?/m1/s1. The third-order valence-electron chi connectivity index (χ3n) is 6.54. The summed E-state index contributed by atoms with van der Waals surface area (Å²) in [5.41, 5.74) is 4.35. The highest BCUT2D eigenvalue weighted by Crippen LogP contribution is 2.36. The minimum absolute atomic E-state index is 0.222. The number of nitriles is 1. The molecule has 1 fully saturated rings. The summed E-state index contributed by atoms with van der Waals surface area (Å²) in [5, 5.41) is 28.4. The van der Waals surface area contributed by atoms with Gasteiger partial charge in [-0.2, -0.15) is 15.5 Å². The number of aliphatic hydroxyl groups is 1. The summed E-state index contributed by atoms with van der Waals surface area (Å²) in [6, 6.07) is 7.24. The minimum atomic E-state index is -0.474. The van der Waals surface area contributed by atoms with Gasteiger partial charge >= 0.3 is 0 Å². The van der Waals surface area contributed by atoms with E-state index in [0.29, 0.717) is 22.5 Å². The highest BCUT2D eigenvalue weighted by Gasteiger charge is 2.24. The summed E-state index contributed by atoms with van der Waals surface area (Å²) >= 11 is 0. The fourth-order valence-corrected chi connectivity index (χ4v) is 4.66. The first kappa shape index (κ1) is 22.0. The van der Waals surface area contributed by atoms with Crippen LogP contribution in [0.2, 0.25) is 0 Å². The molecule has 1 aliphatic carbocycles. The van der Waals surface area contributed by atoms with Crippen molar-refractivity contribution in [3.8, 4) is 22.9 Å². The van der Waals surface area contributed by atoms with Crippen molar-refractivity contribution in [1.29, 1.82) is 5.26 Å². The first-order valence-electron chi connectivity index (χ1n) is 11.4. The molecule has 8 nitrogen and oxygen atoms in total. The van der Waals surface area contributed by atoms with Crippen molar-refractivity contribution in [2.75, 3.05) is 0 Å². The molecule has 1 saturated carbocycles. The lowest BCUT2D eigenvalue weighted by molar-refractivity contribution is 0.107. The summed E-state index contributed by atoms with van der Waals surface area (Å²) in [4.78, 5) is 4.12. The Hall–Kier alpha value is -3.77. The molecule has 5 rings (SSSR count). The van der Waals surface area contributed by atoms with Gasteiger partial charge in [0.2, 0.25) is 0 Å². The molecule has 4 heterocycles. The molecule has 4 aromatic rings. The van der Waals surface area contributed by atoms with Crippen LogP contribution in [-0.4, -0.2) is 35.6 Å². The van der Waals surface area contributed by atoms with E-state index in [9.17, 15) is 14.8 Å². The number of aromatic nitrogens is 5. The second-order valence-corrected chi connectivity index (χ2v) is 8.77. The van der Waals surface area contributed by atoms with Crippen LogP contribution in [0.5, 0.6) is 5.75 Å². The Bertz CT molecular complexity index is 1360. The maximum absolute atomic E-state index is 13.3. The van der Waals surface area contributed by atoms with Gasteiger partial charge in [0.05, 0.1) is 36.4 Å². The van der Waals surface area contributed by atoms with E-state index in [-0.39, 0.29) is 12.1 Å². The van der Waals surface area contributed by atoms with Crippen molar-refractivity contribution in [3.63, 3.8) is 0 Å². The second-order valence-electron chi connectivity index (χ2n) is 8.77. The summed E-state index contributed by atoms with van der Waals surface area (Å²) < 4.78 is 23.2. The lowest BCUT2D eigenvalue weighted by atomic mass is 9.93. The molecule has 0 bridgehead atoms. The highest BCUT2D eigenvalue weighted by atomic mass is 19.1. The van der Waals surface area contributed by atoms with E-state index in [1.54, 1.807) is 10.6 Å². The van der Waals surface area contributed by atoms with Crippen LogP contribution in [0.3, 0.4) is 0 Å². The molecule has 34 heavy (non-hydrogen) atoms. The highest BCUT2D eigenvalue weighted by molar-refractivity contribution is 5.76. The predicted molar refractivity (Wildman–Crippen MR) is 123 cm³/mol. The average Bonchev–Trinajstić information content (AvgIpc) is 3.43. The van der Waals surface area contributed by atoms with Gasteiger partial charge in [-0.25, -0.2) is 8.91 Å². The van der Waals surface area contributed by atoms with Crippen LogP contribution >= 0.6 is 0 Å². The molecule has 0 unspecified atom stereocenters. The second kappa shape index (κ2) is 8.88. The number of halogens is 1.